The molecular weight excluding hydrogens is 260 g/mol. The molecule has 0 atom stereocenters. The first-order valence-electron chi connectivity index (χ1n) is 5.90. The summed E-state index contributed by atoms with van der Waals surface area (Å²) in [6, 6.07) is 11.7. The second kappa shape index (κ2) is 4.85. The van der Waals surface area contributed by atoms with E-state index in [4.69, 9.17) is 4.42 Å². The molecule has 2 aromatic heterocycles. The van der Waals surface area contributed by atoms with Crippen LogP contribution in [0.15, 0.2) is 51.0 Å². The van der Waals surface area contributed by atoms with Crippen LogP contribution in [0, 0.1) is 6.92 Å². The van der Waals surface area contributed by atoms with E-state index in [1.54, 1.807) is 0 Å². The van der Waals surface area contributed by atoms with Crippen molar-refractivity contribution in [3.05, 3.63) is 63.5 Å². The highest BCUT2D eigenvalue weighted by atomic mass is 32.1. The molecule has 0 spiro atoms. The summed E-state index contributed by atoms with van der Waals surface area (Å²) in [4.78, 5) is 12.7. The van der Waals surface area contributed by atoms with Crippen molar-refractivity contribution in [1.82, 2.24) is 9.78 Å². The fourth-order valence-electron chi connectivity index (χ4n) is 1.85. The lowest BCUT2D eigenvalue weighted by molar-refractivity contribution is 0.495. The fourth-order valence-corrected chi connectivity index (χ4v) is 2.50. The Balaban J connectivity index is 1.95. The van der Waals surface area contributed by atoms with Crippen LogP contribution in [0.3, 0.4) is 0 Å². The third-order valence-corrected chi connectivity index (χ3v) is 3.78. The van der Waals surface area contributed by atoms with Crippen molar-refractivity contribution in [2.45, 2.75) is 13.5 Å². The third-order valence-electron chi connectivity index (χ3n) is 2.92. The molecule has 0 N–H and O–H groups in total. The number of hydrogen-bond acceptors (Lipinski definition) is 4. The van der Waals surface area contributed by atoms with Gasteiger partial charge in [0.05, 0.1) is 11.4 Å². The lowest BCUT2D eigenvalue weighted by atomic mass is 10.1. The van der Waals surface area contributed by atoms with E-state index in [0.717, 1.165) is 16.0 Å². The number of aryl methyl sites for hydroxylation is 1. The standard InChI is InChI=1S/C14H12N2O2S/c1-10-5-2-3-6-11(10)9-16-14(17)18-13(15-16)12-7-4-8-19-12/h2-8H,9H2,1H3. The zero-order valence-corrected chi connectivity index (χ0v) is 11.2. The van der Waals surface area contributed by atoms with E-state index >= 15 is 0 Å². The van der Waals surface area contributed by atoms with Gasteiger partial charge in [-0.25, -0.2) is 4.79 Å². The number of hydrogen-bond donors (Lipinski definition) is 0. The topological polar surface area (TPSA) is 48.0 Å². The van der Waals surface area contributed by atoms with Crippen LogP contribution in [-0.4, -0.2) is 9.78 Å². The molecule has 19 heavy (non-hydrogen) atoms. The summed E-state index contributed by atoms with van der Waals surface area (Å²) in [5.74, 6) is -0.0414. The van der Waals surface area contributed by atoms with Gasteiger partial charge in [-0.1, -0.05) is 30.3 Å². The van der Waals surface area contributed by atoms with E-state index in [0.29, 0.717) is 12.4 Å². The highest BCUT2D eigenvalue weighted by Crippen LogP contribution is 2.21. The first-order valence-corrected chi connectivity index (χ1v) is 6.78. The zero-order chi connectivity index (χ0) is 13.2. The van der Waals surface area contributed by atoms with Gasteiger partial charge in [0.2, 0.25) is 0 Å². The average molecular weight is 272 g/mol. The van der Waals surface area contributed by atoms with Crippen molar-refractivity contribution in [1.29, 1.82) is 0 Å². The van der Waals surface area contributed by atoms with Gasteiger partial charge in [0.15, 0.2) is 0 Å². The molecule has 2 heterocycles. The van der Waals surface area contributed by atoms with Crippen LogP contribution in [-0.2, 0) is 6.54 Å². The zero-order valence-electron chi connectivity index (χ0n) is 10.4. The predicted molar refractivity (Wildman–Crippen MR) is 74.4 cm³/mol. The van der Waals surface area contributed by atoms with Gasteiger partial charge in [-0.05, 0) is 29.5 Å². The molecule has 1 aromatic carbocycles. The van der Waals surface area contributed by atoms with Gasteiger partial charge < -0.3 is 4.42 Å². The van der Waals surface area contributed by atoms with Gasteiger partial charge in [-0.2, -0.15) is 4.68 Å². The maximum atomic E-state index is 11.8. The Bertz CT molecular complexity index is 741. The molecule has 3 rings (SSSR count). The molecule has 0 saturated carbocycles. The van der Waals surface area contributed by atoms with E-state index in [1.807, 2.05) is 48.7 Å². The maximum Gasteiger partial charge on any atom is 0.437 e. The van der Waals surface area contributed by atoms with E-state index in [1.165, 1.54) is 16.0 Å². The van der Waals surface area contributed by atoms with E-state index < -0.39 is 5.76 Å². The van der Waals surface area contributed by atoms with Gasteiger partial charge in [0.1, 0.15) is 0 Å². The highest BCUT2D eigenvalue weighted by molar-refractivity contribution is 7.13. The summed E-state index contributed by atoms with van der Waals surface area (Å²) in [7, 11) is 0. The molecule has 0 bridgehead atoms. The van der Waals surface area contributed by atoms with Crippen LogP contribution in [0.5, 0.6) is 0 Å². The van der Waals surface area contributed by atoms with E-state index in [2.05, 4.69) is 5.10 Å². The van der Waals surface area contributed by atoms with Crippen LogP contribution >= 0.6 is 11.3 Å². The predicted octanol–water partition coefficient (Wildman–Crippen LogP) is 2.92. The summed E-state index contributed by atoms with van der Waals surface area (Å²) in [6.07, 6.45) is 0. The van der Waals surface area contributed by atoms with Crippen molar-refractivity contribution in [3.8, 4) is 10.8 Å². The summed E-state index contributed by atoms with van der Waals surface area (Å²) in [5.41, 5.74) is 2.20. The lowest BCUT2D eigenvalue weighted by Gasteiger charge is -2.03. The molecule has 5 heteroatoms. The lowest BCUT2D eigenvalue weighted by Crippen LogP contribution is -2.17. The molecule has 0 radical (unpaired) electrons. The Morgan fingerprint density at radius 2 is 2.11 bits per heavy atom. The minimum Gasteiger partial charge on any atom is -0.387 e. The smallest absolute Gasteiger partial charge is 0.387 e. The van der Waals surface area contributed by atoms with Crippen molar-refractivity contribution >= 4 is 11.3 Å². The molecule has 4 nitrogen and oxygen atoms in total. The first-order chi connectivity index (χ1) is 9.24. The molecule has 0 unspecified atom stereocenters. The number of aromatic nitrogens is 2. The SMILES string of the molecule is Cc1ccccc1Cn1nc(-c2cccs2)oc1=O. The summed E-state index contributed by atoms with van der Waals surface area (Å²) < 4.78 is 6.54. The summed E-state index contributed by atoms with van der Waals surface area (Å²) in [5, 5.41) is 6.16. The second-order valence-corrected chi connectivity index (χ2v) is 5.18. The monoisotopic (exact) mass is 272 g/mol. The molecule has 0 aliphatic carbocycles. The van der Waals surface area contributed by atoms with Gasteiger partial charge in [0.25, 0.3) is 5.89 Å². The first kappa shape index (κ1) is 11.9. The summed E-state index contributed by atoms with van der Waals surface area (Å²) in [6.45, 7) is 2.45. The Labute approximate surface area is 113 Å². The Morgan fingerprint density at radius 1 is 1.26 bits per heavy atom. The molecule has 0 amide bonds. The van der Waals surface area contributed by atoms with Crippen molar-refractivity contribution in [3.63, 3.8) is 0 Å². The van der Waals surface area contributed by atoms with Crippen molar-refractivity contribution in [2.24, 2.45) is 0 Å². The maximum absolute atomic E-state index is 11.8. The van der Waals surface area contributed by atoms with Crippen LogP contribution < -0.4 is 5.76 Å². The van der Waals surface area contributed by atoms with Crippen LogP contribution in [0.4, 0.5) is 0 Å². The Kier molecular flexibility index (Phi) is 3.05. The number of nitrogens with zero attached hydrogens (tertiary/aromatic N) is 2. The highest BCUT2D eigenvalue weighted by Gasteiger charge is 2.11. The number of benzene rings is 1. The van der Waals surface area contributed by atoms with Gasteiger partial charge in [0, 0.05) is 0 Å². The molecule has 96 valence electrons. The molecule has 3 aromatic rings. The van der Waals surface area contributed by atoms with E-state index in [-0.39, 0.29) is 0 Å². The van der Waals surface area contributed by atoms with Gasteiger partial charge in [-0.15, -0.1) is 16.4 Å². The molecule has 0 saturated heterocycles. The van der Waals surface area contributed by atoms with Crippen LogP contribution in [0.2, 0.25) is 0 Å². The molecule has 0 aliphatic heterocycles. The van der Waals surface area contributed by atoms with Gasteiger partial charge in [-0.3, -0.25) is 0 Å². The van der Waals surface area contributed by atoms with Crippen LogP contribution in [0.25, 0.3) is 10.8 Å². The fraction of sp³-hybridized carbons (Fsp3) is 0.143. The average Bonchev–Trinajstić information content (AvgIpc) is 3.02. The van der Waals surface area contributed by atoms with Crippen molar-refractivity contribution < 1.29 is 4.42 Å². The summed E-state index contributed by atoms with van der Waals surface area (Å²) >= 11 is 1.50. The van der Waals surface area contributed by atoms with Crippen LogP contribution in [0.1, 0.15) is 11.1 Å². The Morgan fingerprint density at radius 3 is 2.84 bits per heavy atom. The van der Waals surface area contributed by atoms with E-state index in [9.17, 15) is 4.79 Å². The number of rotatable bonds is 3. The normalized spacial score (nSPS) is 10.8. The van der Waals surface area contributed by atoms with Crippen molar-refractivity contribution in [2.75, 3.05) is 0 Å². The second-order valence-electron chi connectivity index (χ2n) is 4.23. The number of thiophene rings is 1. The van der Waals surface area contributed by atoms with Gasteiger partial charge >= 0.3 is 5.76 Å². The minimum atomic E-state index is -0.424. The molecular formula is C14H12N2O2S. The third kappa shape index (κ3) is 2.37. The minimum absolute atomic E-state index is 0.383. The molecule has 0 aliphatic rings. The Hall–Kier alpha value is -2.14. The quantitative estimate of drug-likeness (QED) is 0.736. The molecule has 0 fully saturated rings. The largest absolute Gasteiger partial charge is 0.437 e.